The minimum Gasteiger partial charge on any atom is -0.338 e. The third-order valence-corrected chi connectivity index (χ3v) is 7.56. The summed E-state index contributed by atoms with van der Waals surface area (Å²) < 4.78 is 65.6. The van der Waals surface area contributed by atoms with Crippen molar-refractivity contribution in [1.82, 2.24) is 9.21 Å². The highest BCUT2D eigenvalue weighted by atomic mass is 32.2. The number of amides is 1. The van der Waals surface area contributed by atoms with Gasteiger partial charge in [-0.25, -0.2) is 12.7 Å². The molecule has 2 aromatic carbocycles. The number of alkyl halides is 3. The molecule has 0 spiro atoms. The van der Waals surface area contributed by atoms with Gasteiger partial charge in [-0.2, -0.15) is 13.2 Å². The van der Waals surface area contributed by atoms with Crippen molar-refractivity contribution in [3.63, 3.8) is 0 Å². The van der Waals surface area contributed by atoms with E-state index in [1.165, 1.54) is 16.4 Å². The van der Waals surface area contributed by atoms with E-state index in [2.05, 4.69) is 0 Å². The second kappa shape index (κ2) is 10.0. The van der Waals surface area contributed by atoms with Crippen LogP contribution in [0.15, 0.2) is 54.6 Å². The molecular weight excluding hydrogens is 441 g/mol. The molecule has 2 aromatic rings. The third-order valence-electron chi connectivity index (χ3n) is 5.71. The van der Waals surface area contributed by atoms with Crippen LogP contribution in [-0.4, -0.2) is 43.2 Å². The number of nitrogens with zero attached hydrogens (tertiary/aromatic N) is 2. The lowest BCUT2D eigenvalue weighted by atomic mass is 9.96. The van der Waals surface area contributed by atoms with Crippen molar-refractivity contribution < 1.29 is 26.4 Å². The summed E-state index contributed by atoms with van der Waals surface area (Å²) in [5.74, 6) is -0.755. The van der Waals surface area contributed by atoms with E-state index >= 15 is 0 Å². The van der Waals surface area contributed by atoms with E-state index in [1.807, 2.05) is 37.3 Å². The lowest BCUT2D eigenvalue weighted by Gasteiger charge is -2.33. The van der Waals surface area contributed by atoms with Crippen LogP contribution in [0.4, 0.5) is 13.2 Å². The summed E-state index contributed by atoms with van der Waals surface area (Å²) in [6.07, 6.45) is -3.73. The minimum absolute atomic E-state index is 0.00581. The van der Waals surface area contributed by atoms with Gasteiger partial charge >= 0.3 is 6.18 Å². The van der Waals surface area contributed by atoms with E-state index in [0.717, 1.165) is 17.7 Å². The number of hydrogen-bond acceptors (Lipinski definition) is 3. The monoisotopic (exact) mass is 468 g/mol. The second-order valence-electron chi connectivity index (χ2n) is 7.97. The molecule has 9 heteroatoms. The zero-order valence-corrected chi connectivity index (χ0v) is 18.7. The molecule has 5 nitrogen and oxygen atoms in total. The first-order chi connectivity index (χ1) is 15.1. The molecule has 0 radical (unpaired) electrons. The third kappa shape index (κ3) is 6.10. The van der Waals surface area contributed by atoms with Crippen LogP contribution in [-0.2, 0) is 33.3 Å². The first kappa shape index (κ1) is 24.3. The highest BCUT2D eigenvalue weighted by molar-refractivity contribution is 7.88. The van der Waals surface area contributed by atoms with E-state index in [4.69, 9.17) is 0 Å². The predicted octanol–water partition coefficient (Wildman–Crippen LogP) is 4.30. The van der Waals surface area contributed by atoms with Crippen molar-refractivity contribution in [2.24, 2.45) is 5.92 Å². The molecule has 174 valence electrons. The fraction of sp³-hybridized carbons (Fsp3) is 0.435. The Morgan fingerprint density at radius 1 is 1.03 bits per heavy atom. The average molecular weight is 469 g/mol. The minimum atomic E-state index is -4.52. The summed E-state index contributed by atoms with van der Waals surface area (Å²) in [6.45, 7) is 3.34. The average Bonchev–Trinajstić information content (AvgIpc) is 2.77. The van der Waals surface area contributed by atoms with Crippen LogP contribution < -0.4 is 0 Å². The number of piperidine rings is 1. The van der Waals surface area contributed by atoms with Crippen LogP contribution >= 0.6 is 0 Å². The van der Waals surface area contributed by atoms with Gasteiger partial charge in [0, 0.05) is 32.1 Å². The number of carbonyl (C=O) groups excluding carboxylic acids is 1. The standard InChI is InChI=1S/C23H27F3N2O3S/c1-2-27(16-18-7-4-3-5-8-18)22(29)20-11-13-28(14-12-20)32(30,31)17-19-9-6-10-21(15-19)23(24,25)26/h3-10,15,20H,2,11-14,16-17H2,1H3. The van der Waals surface area contributed by atoms with Crippen LogP contribution in [0, 0.1) is 5.92 Å². The van der Waals surface area contributed by atoms with Gasteiger partial charge in [0.15, 0.2) is 0 Å². The second-order valence-corrected chi connectivity index (χ2v) is 9.93. The molecule has 0 unspecified atom stereocenters. The Kier molecular flexibility index (Phi) is 7.61. The van der Waals surface area contributed by atoms with Crippen LogP contribution in [0.5, 0.6) is 0 Å². The quantitative estimate of drug-likeness (QED) is 0.609. The zero-order chi connectivity index (χ0) is 23.4. The molecule has 1 fully saturated rings. The van der Waals surface area contributed by atoms with E-state index < -0.39 is 27.5 Å². The Labute approximate surface area is 186 Å². The van der Waals surface area contributed by atoms with Crippen molar-refractivity contribution in [2.45, 2.75) is 38.2 Å². The summed E-state index contributed by atoms with van der Waals surface area (Å²) in [5, 5.41) is 0. The molecule has 1 saturated heterocycles. The molecule has 0 atom stereocenters. The largest absolute Gasteiger partial charge is 0.416 e. The zero-order valence-electron chi connectivity index (χ0n) is 17.9. The number of benzene rings is 2. The van der Waals surface area contributed by atoms with Crippen molar-refractivity contribution in [2.75, 3.05) is 19.6 Å². The van der Waals surface area contributed by atoms with E-state index in [0.29, 0.717) is 25.9 Å². The number of carbonyl (C=O) groups is 1. The molecule has 1 heterocycles. The van der Waals surface area contributed by atoms with Gasteiger partial charge in [-0.05, 0) is 37.0 Å². The van der Waals surface area contributed by atoms with E-state index in [1.54, 1.807) is 4.90 Å². The lowest BCUT2D eigenvalue weighted by Crippen LogP contribution is -2.44. The fourth-order valence-electron chi connectivity index (χ4n) is 3.93. The van der Waals surface area contributed by atoms with Gasteiger partial charge < -0.3 is 4.90 Å². The number of halogens is 3. The maximum atomic E-state index is 13.0. The molecule has 1 amide bonds. The van der Waals surface area contributed by atoms with Crippen molar-refractivity contribution in [3.8, 4) is 0 Å². The Morgan fingerprint density at radius 2 is 1.66 bits per heavy atom. The lowest BCUT2D eigenvalue weighted by molar-refractivity contribution is -0.138. The molecule has 0 saturated carbocycles. The maximum absolute atomic E-state index is 13.0. The van der Waals surface area contributed by atoms with Gasteiger partial charge in [0.05, 0.1) is 11.3 Å². The first-order valence-corrected chi connectivity index (χ1v) is 12.2. The summed E-state index contributed by atoms with van der Waals surface area (Å²) >= 11 is 0. The molecule has 0 N–H and O–H groups in total. The molecule has 0 aromatic heterocycles. The molecule has 1 aliphatic rings. The summed E-state index contributed by atoms with van der Waals surface area (Å²) in [4.78, 5) is 14.7. The SMILES string of the molecule is CCN(Cc1ccccc1)C(=O)C1CCN(S(=O)(=O)Cc2cccc(C(F)(F)F)c2)CC1. The van der Waals surface area contributed by atoms with Gasteiger partial charge in [0.1, 0.15) is 0 Å². The fourth-order valence-corrected chi connectivity index (χ4v) is 5.48. The normalized spacial score (nSPS) is 16.1. The molecule has 1 aliphatic heterocycles. The van der Waals surface area contributed by atoms with Crippen LogP contribution in [0.25, 0.3) is 0 Å². The highest BCUT2D eigenvalue weighted by Crippen LogP contribution is 2.30. The van der Waals surface area contributed by atoms with Crippen LogP contribution in [0.3, 0.4) is 0 Å². The number of rotatable bonds is 7. The predicted molar refractivity (Wildman–Crippen MR) is 116 cm³/mol. The number of sulfonamides is 1. The van der Waals surface area contributed by atoms with Gasteiger partial charge in [0.25, 0.3) is 0 Å². The summed E-state index contributed by atoms with van der Waals surface area (Å²) in [6, 6.07) is 14.0. The molecular formula is C23H27F3N2O3S. The Bertz CT molecular complexity index is 1020. The van der Waals surface area contributed by atoms with E-state index in [9.17, 15) is 26.4 Å². The van der Waals surface area contributed by atoms with Gasteiger partial charge in [-0.1, -0.05) is 48.5 Å². The first-order valence-electron chi connectivity index (χ1n) is 10.6. The van der Waals surface area contributed by atoms with Crippen LogP contribution in [0.1, 0.15) is 36.5 Å². The Balaban J connectivity index is 1.60. The Morgan fingerprint density at radius 3 is 2.25 bits per heavy atom. The molecule has 0 bridgehead atoms. The van der Waals surface area contributed by atoms with Gasteiger partial charge in [0.2, 0.25) is 15.9 Å². The smallest absolute Gasteiger partial charge is 0.338 e. The van der Waals surface area contributed by atoms with Crippen molar-refractivity contribution >= 4 is 15.9 Å². The Hall–Kier alpha value is -2.39. The van der Waals surface area contributed by atoms with Crippen molar-refractivity contribution in [3.05, 3.63) is 71.3 Å². The molecule has 3 rings (SSSR count). The summed E-state index contributed by atoms with van der Waals surface area (Å²) in [5.41, 5.74) is 0.259. The van der Waals surface area contributed by atoms with Crippen molar-refractivity contribution in [1.29, 1.82) is 0 Å². The van der Waals surface area contributed by atoms with Crippen LogP contribution in [0.2, 0.25) is 0 Å². The van der Waals surface area contributed by atoms with Gasteiger partial charge in [-0.15, -0.1) is 0 Å². The van der Waals surface area contributed by atoms with E-state index in [-0.39, 0.29) is 30.5 Å². The molecule has 32 heavy (non-hydrogen) atoms. The topological polar surface area (TPSA) is 57.7 Å². The van der Waals surface area contributed by atoms with Gasteiger partial charge in [-0.3, -0.25) is 4.79 Å². The summed E-state index contributed by atoms with van der Waals surface area (Å²) in [7, 11) is -3.78. The number of hydrogen-bond donors (Lipinski definition) is 0. The molecule has 0 aliphatic carbocycles. The maximum Gasteiger partial charge on any atom is 0.416 e. The highest BCUT2D eigenvalue weighted by Gasteiger charge is 2.34.